The molecule has 4 nitrogen and oxygen atoms in total. The van der Waals surface area contributed by atoms with E-state index in [1.165, 1.54) is 27.7 Å². The Bertz CT molecular complexity index is 258. The molecule has 0 heterocycles. The van der Waals surface area contributed by atoms with Crippen LogP contribution in [0.1, 0.15) is 54.4 Å². The van der Waals surface area contributed by atoms with Crippen LogP contribution < -0.4 is 0 Å². The summed E-state index contributed by atoms with van der Waals surface area (Å²) in [4.78, 5) is 42.4. The molecule has 0 bridgehead atoms. The van der Waals surface area contributed by atoms with Crippen LogP contribution in [0.25, 0.3) is 0 Å². The van der Waals surface area contributed by atoms with Crippen molar-refractivity contribution in [2.75, 3.05) is 0 Å². The lowest BCUT2D eigenvalue weighted by Crippen LogP contribution is -2.17. The molecule has 0 spiro atoms. The Balaban J connectivity index is 0. The lowest BCUT2D eigenvalue weighted by atomic mass is 9.98. The number of hydrogen-bond donors (Lipinski definition) is 0. The van der Waals surface area contributed by atoms with Crippen LogP contribution in [0.15, 0.2) is 0 Å². The summed E-state index contributed by atoms with van der Waals surface area (Å²) in [5.41, 5.74) is 0. The maximum atomic E-state index is 10.6. The smallest absolute Gasteiger partial charge is 0.140 e. The van der Waals surface area contributed by atoms with Gasteiger partial charge in [0.2, 0.25) is 0 Å². The van der Waals surface area contributed by atoms with Gasteiger partial charge in [-0.25, -0.2) is 0 Å². The number of Topliss-reactive ketones (excluding diaryl/α,β-unsaturated/α-hetero) is 4. The Kier molecular flexibility index (Phi) is 10.2. The van der Waals surface area contributed by atoms with Crippen molar-refractivity contribution in [3.8, 4) is 0 Å². The Morgan fingerprint density at radius 2 is 0.778 bits per heavy atom. The molecular formula is C14H24O4. The molecule has 4 heteroatoms. The highest BCUT2D eigenvalue weighted by Crippen LogP contribution is 2.04. The molecule has 0 aromatic heterocycles. The van der Waals surface area contributed by atoms with E-state index in [-0.39, 0.29) is 35.0 Å². The van der Waals surface area contributed by atoms with Crippen molar-refractivity contribution < 1.29 is 19.2 Å². The zero-order valence-electron chi connectivity index (χ0n) is 12.2. The van der Waals surface area contributed by atoms with Crippen LogP contribution in [0.2, 0.25) is 0 Å². The maximum absolute atomic E-state index is 10.6. The van der Waals surface area contributed by atoms with Gasteiger partial charge in [0.05, 0.1) is 11.8 Å². The lowest BCUT2D eigenvalue weighted by Gasteiger charge is -2.03. The standard InChI is InChI=1S/2C7H12O2/c2*1-4-7(5(2)8)6(3)9/h2*7H,4H2,1-3H3. The van der Waals surface area contributed by atoms with Crippen molar-refractivity contribution in [2.24, 2.45) is 11.8 Å². The van der Waals surface area contributed by atoms with Crippen molar-refractivity contribution in [1.82, 2.24) is 0 Å². The molecule has 104 valence electrons. The van der Waals surface area contributed by atoms with Crippen LogP contribution in [0, 0.1) is 11.8 Å². The third-order valence-corrected chi connectivity index (χ3v) is 2.78. The molecule has 0 aliphatic heterocycles. The zero-order valence-corrected chi connectivity index (χ0v) is 12.2. The second kappa shape index (κ2) is 9.68. The molecule has 0 radical (unpaired) electrons. The molecule has 0 amide bonds. The summed E-state index contributed by atoms with van der Waals surface area (Å²) in [6.07, 6.45) is 1.26. The first-order chi connectivity index (χ1) is 8.18. The summed E-state index contributed by atoms with van der Waals surface area (Å²) in [6, 6.07) is 0. The summed E-state index contributed by atoms with van der Waals surface area (Å²) in [6.45, 7) is 9.50. The fourth-order valence-corrected chi connectivity index (χ4v) is 1.72. The van der Waals surface area contributed by atoms with E-state index in [4.69, 9.17) is 0 Å². The number of ketones is 4. The Morgan fingerprint density at radius 3 is 0.778 bits per heavy atom. The van der Waals surface area contributed by atoms with E-state index >= 15 is 0 Å². The van der Waals surface area contributed by atoms with Gasteiger partial charge in [0.25, 0.3) is 0 Å². The number of rotatable bonds is 6. The predicted octanol–water partition coefficient (Wildman–Crippen LogP) is 2.38. The van der Waals surface area contributed by atoms with Gasteiger partial charge in [0.15, 0.2) is 0 Å². The predicted molar refractivity (Wildman–Crippen MR) is 70.3 cm³/mol. The van der Waals surface area contributed by atoms with Crippen molar-refractivity contribution in [2.45, 2.75) is 54.4 Å². The quantitative estimate of drug-likeness (QED) is 0.684. The number of hydrogen-bond acceptors (Lipinski definition) is 4. The molecule has 0 aromatic carbocycles. The van der Waals surface area contributed by atoms with Gasteiger partial charge in [-0.3, -0.25) is 19.2 Å². The zero-order chi connectivity index (χ0) is 14.9. The van der Waals surface area contributed by atoms with Crippen LogP contribution in [0.3, 0.4) is 0 Å². The minimum Gasteiger partial charge on any atom is -0.299 e. The molecule has 0 fully saturated rings. The van der Waals surface area contributed by atoms with E-state index in [1.807, 2.05) is 13.8 Å². The van der Waals surface area contributed by atoms with Crippen LogP contribution in [-0.4, -0.2) is 23.1 Å². The largest absolute Gasteiger partial charge is 0.299 e. The second-order valence-electron chi connectivity index (χ2n) is 4.36. The molecule has 0 N–H and O–H groups in total. The number of carbonyl (C=O) groups is 4. The minimum atomic E-state index is -0.356. The SMILES string of the molecule is CCC(C(C)=O)C(C)=O.CCC(C(C)=O)C(C)=O. The maximum Gasteiger partial charge on any atom is 0.140 e. The average molecular weight is 256 g/mol. The molecule has 0 saturated carbocycles. The Hall–Kier alpha value is -1.32. The van der Waals surface area contributed by atoms with Crippen molar-refractivity contribution in [1.29, 1.82) is 0 Å². The highest BCUT2D eigenvalue weighted by atomic mass is 16.2. The fraction of sp³-hybridized carbons (Fsp3) is 0.714. The van der Waals surface area contributed by atoms with Gasteiger partial charge in [0, 0.05) is 0 Å². The second-order valence-corrected chi connectivity index (χ2v) is 4.36. The molecule has 0 aliphatic rings. The Labute approximate surface area is 109 Å². The van der Waals surface area contributed by atoms with Gasteiger partial charge in [-0.15, -0.1) is 0 Å². The third-order valence-electron chi connectivity index (χ3n) is 2.78. The first-order valence-corrected chi connectivity index (χ1v) is 6.20. The van der Waals surface area contributed by atoms with Gasteiger partial charge in [-0.2, -0.15) is 0 Å². The van der Waals surface area contributed by atoms with E-state index in [0.29, 0.717) is 12.8 Å². The van der Waals surface area contributed by atoms with Crippen LogP contribution in [-0.2, 0) is 19.2 Å². The van der Waals surface area contributed by atoms with Gasteiger partial charge in [0.1, 0.15) is 23.1 Å². The normalized spacial score (nSPS) is 9.78. The third kappa shape index (κ3) is 7.87. The molecular weight excluding hydrogens is 232 g/mol. The summed E-state index contributed by atoms with van der Waals surface area (Å²) in [7, 11) is 0. The van der Waals surface area contributed by atoms with E-state index in [2.05, 4.69) is 0 Å². The van der Waals surface area contributed by atoms with Crippen LogP contribution in [0.5, 0.6) is 0 Å². The summed E-state index contributed by atoms with van der Waals surface area (Å²) in [5, 5.41) is 0. The van der Waals surface area contributed by atoms with Crippen LogP contribution in [0.4, 0.5) is 0 Å². The average Bonchev–Trinajstić information content (AvgIpc) is 2.17. The molecule has 18 heavy (non-hydrogen) atoms. The van der Waals surface area contributed by atoms with Gasteiger partial charge < -0.3 is 0 Å². The van der Waals surface area contributed by atoms with Crippen molar-refractivity contribution in [3.05, 3.63) is 0 Å². The highest BCUT2D eigenvalue weighted by Gasteiger charge is 2.16. The van der Waals surface area contributed by atoms with E-state index in [1.54, 1.807) is 0 Å². The molecule has 0 saturated heterocycles. The highest BCUT2D eigenvalue weighted by molar-refractivity contribution is 6.00. The van der Waals surface area contributed by atoms with Gasteiger partial charge in [-0.05, 0) is 40.5 Å². The van der Waals surface area contributed by atoms with E-state index in [9.17, 15) is 19.2 Å². The van der Waals surface area contributed by atoms with Crippen molar-refractivity contribution >= 4 is 23.1 Å². The van der Waals surface area contributed by atoms with Crippen LogP contribution >= 0.6 is 0 Å². The fourth-order valence-electron chi connectivity index (χ4n) is 1.72. The van der Waals surface area contributed by atoms with Gasteiger partial charge >= 0.3 is 0 Å². The molecule has 0 rings (SSSR count). The molecule has 0 aromatic rings. The Morgan fingerprint density at radius 1 is 0.611 bits per heavy atom. The summed E-state index contributed by atoms with van der Waals surface area (Å²) >= 11 is 0. The molecule has 0 unspecified atom stereocenters. The topological polar surface area (TPSA) is 68.3 Å². The van der Waals surface area contributed by atoms with E-state index < -0.39 is 0 Å². The summed E-state index contributed by atoms with van der Waals surface area (Å²) < 4.78 is 0. The lowest BCUT2D eigenvalue weighted by molar-refractivity contribution is -0.132. The first kappa shape index (κ1) is 19.0. The first-order valence-electron chi connectivity index (χ1n) is 6.20. The monoisotopic (exact) mass is 256 g/mol. The van der Waals surface area contributed by atoms with E-state index in [0.717, 1.165) is 0 Å². The summed E-state index contributed by atoms with van der Waals surface area (Å²) in [5.74, 6) is -0.806. The molecule has 0 atom stereocenters. The number of carbonyl (C=O) groups excluding carboxylic acids is 4. The molecule has 0 aliphatic carbocycles. The minimum absolute atomic E-state index is 0.0231. The van der Waals surface area contributed by atoms with Gasteiger partial charge in [-0.1, -0.05) is 13.8 Å². The van der Waals surface area contributed by atoms with Crippen molar-refractivity contribution in [3.63, 3.8) is 0 Å².